The molecule has 0 atom stereocenters. The molecule has 0 unspecified atom stereocenters. The first-order chi connectivity index (χ1) is 6.95. The van der Waals surface area contributed by atoms with Crippen LogP contribution in [0.2, 0.25) is 0 Å². The maximum absolute atomic E-state index is 10.9. The lowest BCUT2D eigenvalue weighted by molar-refractivity contribution is -0.00173. The molecule has 0 saturated heterocycles. The third kappa shape index (κ3) is 10.9. The first-order valence-corrected chi connectivity index (χ1v) is 4.86. The van der Waals surface area contributed by atoms with Crippen LogP contribution in [0.25, 0.3) is 0 Å². The summed E-state index contributed by atoms with van der Waals surface area (Å²) in [6.07, 6.45) is 0.980. The molecule has 0 fully saturated rings. The number of hydrazine groups is 1. The summed E-state index contributed by atoms with van der Waals surface area (Å²) in [7, 11) is 0. The molecule has 0 heterocycles. The molecule has 0 aromatic heterocycles. The van der Waals surface area contributed by atoms with Crippen molar-refractivity contribution in [3.63, 3.8) is 0 Å². The van der Waals surface area contributed by atoms with Crippen LogP contribution in [0.4, 0.5) is 4.79 Å². The van der Waals surface area contributed by atoms with Crippen LogP contribution >= 0.6 is 0 Å². The van der Waals surface area contributed by atoms with Gasteiger partial charge in [0, 0.05) is 6.54 Å². The van der Waals surface area contributed by atoms with Crippen molar-refractivity contribution in [2.75, 3.05) is 19.8 Å². The Morgan fingerprint density at radius 2 is 2.13 bits per heavy atom. The van der Waals surface area contributed by atoms with Crippen molar-refractivity contribution in [3.8, 4) is 0 Å². The van der Waals surface area contributed by atoms with E-state index in [9.17, 15) is 4.79 Å². The van der Waals surface area contributed by atoms with E-state index in [1.165, 1.54) is 6.08 Å². The molecule has 0 aliphatic rings. The topological polar surface area (TPSA) is 59.6 Å². The van der Waals surface area contributed by atoms with Gasteiger partial charge in [0.1, 0.15) is 6.61 Å². The smallest absolute Gasteiger partial charge is 0.421 e. The third-order valence-corrected chi connectivity index (χ3v) is 1.28. The zero-order chi connectivity index (χ0) is 11.7. The van der Waals surface area contributed by atoms with Gasteiger partial charge in [-0.25, -0.2) is 10.2 Å². The Labute approximate surface area is 90.8 Å². The lowest BCUT2D eigenvalue weighted by Gasteiger charge is -2.19. The van der Waals surface area contributed by atoms with E-state index >= 15 is 0 Å². The number of carbonyl (C=O) groups is 1. The van der Waals surface area contributed by atoms with Gasteiger partial charge in [-0.2, -0.15) is 0 Å². The van der Waals surface area contributed by atoms with Gasteiger partial charge >= 0.3 is 6.09 Å². The average Bonchev–Trinajstić information content (AvgIpc) is 2.12. The summed E-state index contributed by atoms with van der Waals surface area (Å²) in [5.74, 6) is 0. The minimum Gasteiger partial charge on any atom is -0.444 e. The fourth-order valence-corrected chi connectivity index (χ4v) is 0.714. The highest BCUT2D eigenvalue weighted by Crippen LogP contribution is 2.04. The summed E-state index contributed by atoms with van der Waals surface area (Å²) in [5.41, 5.74) is 4.89. The first-order valence-electron chi connectivity index (χ1n) is 4.86. The molecule has 0 aromatic rings. The Kier molecular flexibility index (Phi) is 6.73. The van der Waals surface area contributed by atoms with Crippen molar-refractivity contribution >= 4 is 6.09 Å². The summed E-state index contributed by atoms with van der Waals surface area (Å²) in [5, 5.41) is 0. The zero-order valence-corrected chi connectivity index (χ0v) is 9.63. The molecule has 88 valence electrons. The average molecular weight is 216 g/mol. The molecule has 5 heteroatoms. The van der Waals surface area contributed by atoms with E-state index in [-0.39, 0.29) is 12.2 Å². The van der Waals surface area contributed by atoms with Gasteiger partial charge < -0.3 is 9.47 Å². The van der Waals surface area contributed by atoms with Crippen LogP contribution in [0.15, 0.2) is 12.7 Å². The molecule has 0 radical (unpaired) electrons. The van der Waals surface area contributed by atoms with Gasteiger partial charge in [0.05, 0.1) is 12.2 Å². The highest BCUT2D eigenvalue weighted by atomic mass is 16.6. The van der Waals surface area contributed by atoms with E-state index in [4.69, 9.17) is 4.74 Å². The zero-order valence-electron chi connectivity index (χ0n) is 9.63. The van der Waals surface area contributed by atoms with Crippen LogP contribution in [0.5, 0.6) is 0 Å². The fraction of sp³-hybridized carbons (Fsp3) is 0.700. The molecule has 0 aliphatic carbocycles. The van der Waals surface area contributed by atoms with Crippen LogP contribution < -0.4 is 10.9 Å². The van der Waals surface area contributed by atoms with Crippen molar-refractivity contribution in [1.29, 1.82) is 0 Å². The number of ether oxygens (including phenoxy) is 2. The standard InChI is InChI=1S/C10H20N2O3/c1-5-7-14-9(13)12-11-6-8-15-10(2,3)4/h5,11H,1,6-8H2,2-4H3,(H,12,13). The summed E-state index contributed by atoms with van der Waals surface area (Å²) < 4.78 is 10.1. The summed E-state index contributed by atoms with van der Waals surface area (Å²) in [6, 6.07) is 0. The van der Waals surface area contributed by atoms with E-state index in [2.05, 4.69) is 22.2 Å². The van der Waals surface area contributed by atoms with Gasteiger partial charge in [-0.3, -0.25) is 5.43 Å². The number of rotatable bonds is 6. The molecule has 2 N–H and O–H groups in total. The Bertz CT molecular complexity index is 199. The monoisotopic (exact) mass is 216 g/mol. The highest BCUT2D eigenvalue weighted by Gasteiger charge is 2.08. The largest absolute Gasteiger partial charge is 0.444 e. The van der Waals surface area contributed by atoms with Gasteiger partial charge in [0.25, 0.3) is 0 Å². The molecule has 1 amide bonds. The van der Waals surface area contributed by atoms with Gasteiger partial charge in [0.15, 0.2) is 0 Å². The molecule has 0 aromatic carbocycles. The Morgan fingerprint density at radius 1 is 1.47 bits per heavy atom. The molecule has 0 bridgehead atoms. The molecule has 0 aliphatic heterocycles. The lowest BCUT2D eigenvalue weighted by atomic mass is 10.2. The fourth-order valence-electron chi connectivity index (χ4n) is 0.714. The molecule has 0 rings (SSSR count). The molecule has 0 saturated carbocycles. The summed E-state index contributed by atoms with van der Waals surface area (Å²) in [4.78, 5) is 10.9. The predicted molar refractivity (Wildman–Crippen MR) is 58.4 cm³/mol. The van der Waals surface area contributed by atoms with Crippen LogP contribution in [0.3, 0.4) is 0 Å². The SMILES string of the molecule is C=CCOC(=O)NNCCOC(C)(C)C. The molecular weight excluding hydrogens is 196 g/mol. The molecule has 5 nitrogen and oxygen atoms in total. The normalized spacial score (nSPS) is 10.9. The van der Waals surface area contributed by atoms with Crippen LogP contribution in [0.1, 0.15) is 20.8 Å². The van der Waals surface area contributed by atoms with E-state index in [1.807, 2.05) is 20.8 Å². The lowest BCUT2D eigenvalue weighted by Crippen LogP contribution is -2.40. The highest BCUT2D eigenvalue weighted by molar-refractivity contribution is 5.66. The second-order valence-electron chi connectivity index (χ2n) is 3.90. The van der Waals surface area contributed by atoms with Crippen LogP contribution in [-0.4, -0.2) is 31.5 Å². The van der Waals surface area contributed by atoms with Crippen molar-refractivity contribution in [1.82, 2.24) is 10.9 Å². The van der Waals surface area contributed by atoms with Crippen molar-refractivity contribution in [2.45, 2.75) is 26.4 Å². The van der Waals surface area contributed by atoms with Crippen molar-refractivity contribution in [3.05, 3.63) is 12.7 Å². The number of hydrogen-bond donors (Lipinski definition) is 2. The van der Waals surface area contributed by atoms with Crippen molar-refractivity contribution in [2.24, 2.45) is 0 Å². The van der Waals surface area contributed by atoms with Gasteiger partial charge in [-0.05, 0) is 20.8 Å². The Balaban J connectivity index is 3.31. The van der Waals surface area contributed by atoms with Crippen LogP contribution in [0, 0.1) is 0 Å². The van der Waals surface area contributed by atoms with Crippen molar-refractivity contribution < 1.29 is 14.3 Å². The third-order valence-electron chi connectivity index (χ3n) is 1.28. The number of amides is 1. The van der Waals surface area contributed by atoms with Gasteiger partial charge in [-0.15, -0.1) is 0 Å². The first kappa shape index (κ1) is 13.9. The maximum Gasteiger partial charge on any atom is 0.421 e. The predicted octanol–water partition coefficient (Wildman–Crippen LogP) is 1.22. The van der Waals surface area contributed by atoms with E-state index in [0.717, 1.165) is 0 Å². The molecule has 0 spiro atoms. The minimum atomic E-state index is -0.523. The van der Waals surface area contributed by atoms with Gasteiger partial charge in [-0.1, -0.05) is 12.7 Å². The maximum atomic E-state index is 10.9. The van der Waals surface area contributed by atoms with E-state index in [1.54, 1.807) is 0 Å². The number of nitrogens with one attached hydrogen (secondary N) is 2. The molecular formula is C10H20N2O3. The number of carbonyl (C=O) groups excluding carboxylic acids is 1. The van der Waals surface area contributed by atoms with Gasteiger partial charge in [0.2, 0.25) is 0 Å². The Morgan fingerprint density at radius 3 is 2.67 bits per heavy atom. The minimum absolute atomic E-state index is 0.162. The summed E-state index contributed by atoms with van der Waals surface area (Å²) >= 11 is 0. The summed E-state index contributed by atoms with van der Waals surface area (Å²) in [6.45, 7) is 10.6. The van der Waals surface area contributed by atoms with Crippen LogP contribution in [-0.2, 0) is 9.47 Å². The second kappa shape index (κ2) is 7.25. The molecule has 15 heavy (non-hydrogen) atoms. The number of hydrogen-bond acceptors (Lipinski definition) is 4. The second-order valence-corrected chi connectivity index (χ2v) is 3.90. The quantitative estimate of drug-likeness (QED) is 0.398. The van der Waals surface area contributed by atoms with E-state index in [0.29, 0.717) is 13.2 Å². The van der Waals surface area contributed by atoms with E-state index < -0.39 is 6.09 Å². The Hall–Kier alpha value is -1.07.